The number of aromatic amines is 2. The molecule has 2 fully saturated rings. The fraction of sp³-hybridized carbons (Fsp3) is 0.391. The molecule has 0 bridgehead atoms. The van der Waals surface area contributed by atoms with E-state index < -0.39 is 24.3 Å². The Morgan fingerprint density at radius 3 is 1.60 bits per heavy atom. The number of imidazole rings is 2. The summed E-state index contributed by atoms with van der Waals surface area (Å²) in [6.07, 6.45) is 4.65. The molecule has 5 aromatic rings. The number of amides is 4. The number of hydrogen-bond donors (Lipinski definition) is 4. The van der Waals surface area contributed by atoms with Gasteiger partial charge in [0, 0.05) is 19.0 Å². The highest BCUT2D eigenvalue weighted by Crippen LogP contribution is 2.41. The molecule has 0 saturated carbocycles. The van der Waals surface area contributed by atoms with Crippen LogP contribution in [0.1, 0.15) is 82.2 Å². The van der Waals surface area contributed by atoms with E-state index in [9.17, 15) is 19.2 Å². The van der Waals surface area contributed by atoms with Crippen LogP contribution in [0, 0.1) is 11.8 Å². The molecular formula is C46H54N8O6. The molecule has 4 amide bonds. The summed E-state index contributed by atoms with van der Waals surface area (Å²) in [4.78, 5) is 71.9. The van der Waals surface area contributed by atoms with E-state index in [1.54, 1.807) is 11.1 Å². The van der Waals surface area contributed by atoms with Crippen molar-refractivity contribution in [1.29, 1.82) is 0 Å². The molecule has 4 heterocycles. The number of rotatable bonds is 12. The number of hydrogen-bond acceptors (Lipinski definition) is 8. The van der Waals surface area contributed by atoms with Gasteiger partial charge in [-0.2, -0.15) is 0 Å². The number of methoxy groups -OCH3 is 2. The van der Waals surface area contributed by atoms with Crippen LogP contribution in [0.5, 0.6) is 0 Å². The zero-order chi connectivity index (χ0) is 42.5. The molecule has 14 nitrogen and oxygen atoms in total. The maximum absolute atomic E-state index is 14.1. The summed E-state index contributed by atoms with van der Waals surface area (Å²) in [5, 5.41) is 5.44. The van der Waals surface area contributed by atoms with Gasteiger partial charge in [-0.1, -0.05) is 107 Å². The molecule has 0 radical (unpaired) electrons. The van der Waals surface area contributed by atoms with E-state index in [1.807, 2.05) is 57.0 Å². The number of nitrogens with zero attached hydrogens (tertiary/aromatic N) is 4. The number of nitrogens with one attached hydrogen (secondary N) is 4. The van der Waals surface area contributed by atoms with E-state index in [1.165, 1.54) is 14.2 Å². The van der Waals surface area contributed by atoms with Crippen molar-refractivity contribution in [3.05, 3.63) is 108 Å². The molecule has 314 valence electrons. The molecule has 2 aliphatic heterocycles. The molecule has 1 unspecified atom stereocenters. The van der Waals surface area contributed by atoms with Crippen LogP contribution in [0.4, 0.5) is 9.59 Å². The number of likely N-dealkylation sites (tertiary alicyclic amines) is 2. The van der Waals surface area contributed by atoms with Crippen molar-refractivity contribution in [2.24, 2.45) is 11.8 Å². The molecular weight excluding hydrogens is 761 g/mol. The van der Waals surface area contributed by atoms with Gasteiger partial charge in [0.2, 0.25) is 11.8 Å². The zero-order valence-corrected chi connectivity index (χ0v) is 35.0. The van der Waals surface area contributed by atoms with E-state index in [0.717, 1.165) is 57.9 Å². The molecule has 0 spiro atoms. The highest BCUT2D eigenvalue weighted by atomic mass is 16.5. The van der Waals surface area contributed by atoms with Gasteiger partial charge in [-0.15, -0.1) is 0 Å². The van der Waals surface area contributed by atoms with E-state index in [2.05, 4.69) is 86.2 Å². The van der Waals surface area contributed by atoms with Gasteiger partial charge in [0.05, 0.1) is 50.1 Å². The molecule has 5 atom stereocenters. The molecule has 4 N–H and O–H groups in total. The summed E-state index contributed by atoms with van der Waals surface area (Å²) >= 11 is 0. The maximum atomic E-state index is 14.1. The van der Waals surface area contributed by atoms with Crippen molar-refractivity contribution >= 4 is 24.0 Å². The van der Waals surface area contributed by atoms with Gasteiger partial charge in [-0.3, -0.25) is 9.59 Å². The average Bonchev–Trinajstić information content (AvgIpc) is 4.11. The van der Waals surface area contributed by atoms with Gasteiger partial charge in [-0.25, -0.2) is 19.6 Å². The van der Waals surface area contributed by atoms with Crippen LogP contribution in [-0.4, -0.2) is 93.1 Å². The van der Waals surface area contributed by atoms with Crippen LogP contribution >= 0.6 is 0 Å². The Labute approximate surface area is 350 Å². The Morgan fingerprint density at radius 1 is 0.650 bits per heavy atom. The van der Waals surface area contributed by atoms with Crippen molar-refractivity contribution in [3.8, 4) is 33.6 Å². The lowest BCUT2D eigenvalue weighted by molar-refractivity contribution is -0.136. The average molecular weight is 815 g/mol. The summed E-state index contributed by atoms with van der Waals surface area (Å²) < 4.78 is 9.60. The first-order valence-corrected chi connectivity index (χ1v) is 20.6. The quantitative estimate of drug-likeness (QED) is 0.0996. The van der Waals surface area contributed by atoms with Crippen molar-refractivity contribution in [2.75, 3.05) is 27.3 Å². The van der Waals surface area contributed by atoms with Crippen LogP contribution in [0.25, 0.3) is 33.6 Å². The predicted molar refractivity (Wildman–Crippen MR) is 227 cm³/mol. The van der Waals surface area contributed by atoms with Gasteiger partial charge in [0.1, 0.15) is 23.7 Å². The van der Waals surface area contributed by atoms with Crippen LogP contribution in [-0.2, 0) is 19.1 Å². The van der Waals surface area contributed by atoms with Gasteiger partial charge < -0.3 is 39.9 Å². The lowest BCUT2D eigenvalue weighted by atomic mass is 9.96. The largest absolute Gasteiger partial charge is 0.453 e. The van der Waals surface area contributed by atoms with Crippen LogP contribution in [0.3, 0.4) is 0 Å². The lowest BCUT2D eigenvalue weighted by Crippen LogP contribution is -2.51. The molecule has 14 heteroatoms. The standard InChI is InChI=1S/C46H54N8O6/c1-27(2)39(51-45(57)59-5)43(55)53-22-10-13-37(53)41-47-24-35(49-41)32-18-14-30(15-19-32)31-16-20-33(21-17-31)36-25-48-42(50-36)38-23-34(29-11-8-7-9-12-29)26-54(38)44(56)40(28(3)4)52-46(58)60-6/h7-9,11-12,14-21,24-25,27-28,34,37-40H,10,13,22-23,26H2,1-6H3,(H,47,49)(H,48,50)(H,51,57)(H,52,58)/t34?,37-,38-,39-,40-/m0/s1. The number of aromatic nitrogens is 4. The van der Waals surface area contributed by atoms with Gasteiger partial charge in [0.25, 0.3) is 0 Å². The van der Waals surface area contributed by atoms with Gasteiger partial charge in [-0.05, 0) is 58.9 Å². The first-order chi connectivity index (χ1) is 28.9. The second kappa shape index (κ2) is 18.2. The second-order valence-corrected chi connectivity index (χ2v) is 16.3. The fourth-order valence-corrected chi connectivity index (χ4v) is 8.37. The van der Waals surface area contributed by atoms with Gasteiger partial charge >= 0.3 is 12.2 Å². The molecule has 60 heavy (non-hydrogen) atoms. The van der Waals surface area contributed by atoms with E-state index in [0.29, 0.717) is 25.3 Å². The minimum Gasteiger partial charge on any atom is -0.453 e. The highest BCUT2D eigenvalue weighted by Gasteiger charge is 2.42. The summed E-state index contributed by atoms with van der Waals surface area (Å²) in [6.45, 7) is 8.71. The molecule has 7 rings (SSSR count). The number of alkyl carbamates (subject to hydrolysis) is 2. The Bertz CT molecular complexity index is 2270. The van der Waals surface area contributed by atoms with Crippen molar-refractivity contribution in [1.82, 2.24) is 40.4 Å². The van der Waals surface area contributed by atoms with Crippen LogP contribution in [0.2, 0.25) is 0 Å². The number of carbonyl (C=O) groups is 4. The topological polar surface area (TPSA) is 175 Å². The number of benzene rings is 3. The highest BCUT2D eigenvalue weighted by molar-refractivity contribution is 5.87. The molecule has 2 aliphatic rings. The number of ether oxygens (including phenoxy) is 2. The van der Waals surface area contributed by atoms with Crippen molar-refractivity contribution in [2.45, 2.75) is 77.0 Å². The van der Waals surface area contributed by atoms with Crippen molar-refractivity contribution < 1.29 is 28.7 Å². The SMILES string of the molecule is COC(=O)N[C@H](C(=O)N1CCC[C@H]1c1ncc(-c2ccc(-c3ccc(-c4cnc([C@@H]5CC(c6ccccc6)CN5C(=O)[C@@H](NC(=O)OC)C(C)C)[nH]4)cc3)cc2)[nH]1)C(C)C. The summed E-state index contributed by atoms with van der Waals surface area (Å²) in [5.41, 5.74) is 6.87. The van der Waals surface area contributed by atoms with Crippen molar-refractivity contribution in [3.63, 3.8) is 0 Å². The third-order valence-corrected chi connectivity index (χ3v) is 11.7. The Kier molecular flexibility index (Phi) is 12.7. The molecule has 0 aliphatic carbocycles. The monoisotopic (exact) mass is 814 g/mol. The third-order valence-electron chi connectivity index (χ3n) is 11.7. The minimum absolute atomic E-state index is 0.106. The third kappa shape index (κ3) is 8.92. The molecule has 2 aromatic heterocycles. The number of carbonyl (C=O) groups excluding carboxylic acids is 4. The minimum atomic E-state index is -0.746. The molecule has 3 aromatic carbocycles. The Hall–Kier alpha value is -6.44. The van der Waals surface area contributed by atoms with E-state index in [4.69, 9.17) is 14.5 Å². The van der Waals surface area contributed by atoms with E-state index >= 15 is 0 Å². The van der Waals surface area contributed by atoms with Gasteiger partial charge in [0.15, 0.2) is 0 Å². The van der Waals surface area contributed by atoms with Crippen LogP contribution in [0.15, 0.2) is 91.3 Å². The van der Waals surface area contributed by atoms with Crippen LogP contribution < -0.4 is 10.6 Å². The fourth-order valence-electron chi connectivity index (χ4n) is 8.37. The first-order valence-electron chi connectivity index (χ1n) is 20.6. The maximum Gasteiger partial charge on any atom is 0.407 e. The molecule has 2 saturated heterocycles. The normalized spacial score (nSPS) is 18.7. The van der Waals surface area contributed by atoms with E-state index in [-0.39, 0.29) is 41.7 Å². The summed E-state index contributed by atoms with van der Waals surface area (Å²) in [7, 11) is 2.58. The summed E-state index contributed by atoms with van der Waals surface area (Å²) in [5.74, 6) is 0.950. The Balaban J connectivity index is 1.04. The first kappa shape index (κ1) is 41.7. The zero-order valence-electron chi connectivity index (χ0n) is 35.0. The number of H-pyrrole nitrogens is 2. The Morgan fingerprint density at radius 2 is 1.12 bits per heavy atom. The second-order valence-electron chi connectivity index (χ2n) is 16.3. The summed E-state index contributed by atoms with van der Waals surface area (Å²) in [6, 6.07) is 24.7. The smallest absolute Gasteiger partial charge is 0.407 e. The lowest BCUT2D eigenvalue weighted by Gasteiger charge is -2.30. The predicted octanol–water partition coefficient (Wildman–Crippen LogP) is 7.62.